The molecule has 0 aromatic rings. The maximum atomic E-state index is 9.44. The molecule has 0 aliphatic rings. The van der Waals surface area contributed by atoms with E-state index in [1.165, 1.54) is 0 Å². The van der Waals surface area contributed by atoms with Crippen molar-refractivity contribution in [2.24, 2.45) is 0 Å². The van der Waals surface area contributed by atoms with E-state index in [1.807, 2.05) is 12.0 Å². The van der Waals surface area contributed by atoms with E-state index in [-0.39, 0.29) is 6.47 Å². The topological polar surface area (TPSA) is 26.3 Å². The predicted molar refractivity (Wildman–Crippen MR) is 35.2 cm³/mol. The van der Waals surface area contributed by atoms with E-state index in [4.69, 9.17) is 34.8 Å². The summed E-state index contributed by atoms with van der Waals surface area (Å²) in [5.41, 5.74) is 0. The Morgan fingerprint density at radius 2 is 2.00 bits per heavy atom. The van der Waals surface area contributed by atoms with Crippen LogP contribution in [-0.4, -0.2) is 10.3 Å². The van der Waals surface area contributed by atoms with Crippen molar-refractivity contribution in [3.05, 3.63) is 0 Å². The highest BCUT2D eigenvalue weighted by Crippen LogP contribution is 2.23. The van der Waals surface area contributed by atoms with Gasteiger partial charge in [0.15, 0.2) is 0 Å². The van der Waals surface area contributed by atoms with Crippen molar-refractivity contribution in [3.63, 3.8) is 0 Å². The van der Waals surface area contributed by atoms with Gasteiger partial charge in [-0.1, -0.05) is 34.8 Å². The lowest BCUT2D eigenvalue weighted by atomic mass is 10.8. The van der Waals surface area contributed by atoms with Crippen molar-refractivity contribution in [3.8, 4) is 12.0 Å². The van der Waals surface area contributed by atoms with Crippen LogP contribution in [0.3, 0.4) is 0 Å². The van der Waals surface area contributed by atoms with Crippen LogP contribution >= 0.6 is 34.8 Å². The zero-order valence-electron chi connectivity index (χ0n) is 4.03. The molecule has 0 aromatic carbocycles. The summed E-state index contributed by atoms with van der Waals surface area (Å²) < 4.78 is 2.24. The van der Waals surface area contributed by atoms with Crippen LogP contribution in [-0.2, 0) is 9.53 Å². The number of ether oxygens (including phenoxy) is 1. The molecule has 0 spiro atoms. The Bertz CT molecular complexity index is 149. The Hall–Kier alpha value is -0.100. The third-order valence-corrected chi connectivity index (χ3v) is 0.583. The molecule has 0 bridgehead atoms. The van der Waals surface area contributed by atoms with Crippen molar-refractivity contribution in [1.82, 2.24) is 0 Å². The molecule has 9 heavy (non-hydrogen) atoms. The Kier molecular flexibility index (Phi) is 3.79. The lowest BCUT2D eigenvalue weighted by molar-refractivity contribution is -0.122. The van der Waals surface area contributed by atoms with Gasteiger partial charge >= 0.3 is 6.47 Å². The minimum atomic E-state index is -1.68. The molecule has 50 valence electrons. The standard InChI is InChI=1S/C4HCl3O2/c5-4(6,7)1-2-9-3-8/h3H. The molecule has 0 radical (unpaired) electrons. The second-order valence-corrected chi connectivity index (χ2v) is 3.22. The first kappa shape index (κ1) is 8.90. The highest BCUT2D eigenvalue weighted by molar-refractivity contribution is 6.69. The molecule has 0 fully saturated rings. The number of halogens is 3. The molecular formula is C4HCl3O2. The molecule has 0 heterocycles. The molecule has 0 saturated carbocycles. The first-order chi connectivity index (χ1) is 4.06. The van der Waals surface area contributed by atoms with Crippen LogP contribution in [0.4, 0.5) is 0 Å². The van der Waals surface area contributed by atoms with Gasteiger partial charge in [0.1, 0.15) is 6.11 Å². The number of alkyl halides is 3. The minimum Gasteiger partial charge on any atom is -0.375 e. The van der Waals surface area contributed by atoms with Crippen molar-refractivity contribution in [2.45, 2.75) is 3.79 Å². The molecule has 0 amide bonds. The maximum absolute atomic E-state index is 9.44. The molecule has 0 aromatic heterocycles. The van der Waals surface area contributed by atoms with Crippen LogP contribution < -0.4 is 0 Å². The summed E-state index contributed by atoms with van der Waals surface area (Å²) >= 11 is 15.4. The normalized spacial score (nSPS) is 9.22. The molecule has 0 N–H and O–H groups in total. The zero-order valence-corrected chi connectivity index (χ0v) is 6.30. The summed E-state index contributed by atoms with van der Waals surface area (Å²) in [6, 6.07) is 0. The van der Waals surface area contributed by atoms with Gasteiger partial charge in [0.05, 0.1) is 0 Å². The molecular weight excluding hydrogens is 186 g/mol. The van der Waals surface area contributed by atoms with Crippen molar-refractivity contribution in [1.29, 1.82) is 0 Å². The molecule has 0 aliphatic carbocycles. The lowest BCUT2D eigenvalue weighted by Crippen LogP contribution is -1.95. The van der Waals surface area contributed by atoms with E-state index >= 15 is 0 Å². The maximum Gasteiger partial charge on any atom is 0.307 e. The van der Waals surface area contributed by atoms with Gasteiger partial charge in [-0.15, -0.1) is 0 Å². The Labute approximate surface area is 67.0 Å². The monoisotopic (exact) mass is 186 g/mol. The number of rotatable bonds is 1. The third-order valence-electron chi connectivity index (χ3n) is 0.300. The van der Waals surface area contributed by atoms with E-state index in [0.29, 0.717) is 0 Å². The molecule has 0 aliphatic heterocycles. The van der Waals surface area contributed by atoms with Gasteiger partial charge in [0.25, 0.3) is 3.79 Å². The average Bonchev–Trinajstić information content (AvgIpc) is 1.63. The van der Waals surface area contributed by atoms with Gasteiger partial charge in [-0.25, -0.2) is 0 Å². The summed E-state index contributed by atoms with van der Waals surface area (Å²) in [6.07, 6.45) is 1.86. The average molecular weight is 187 g/mol. The molecule has 5 heteroatoms. The van der Waals surface area contributed by atoms with Gasteiger partial charge in [-0.2, -0.15) is 0 Å². The lowest BCUT2D eigenvalue weighted by Gasteiger charge is -1.95. The molecule has 0 rings (SSSR count). The van der Waals surface area contributed by atoms with Gasteiger partial charge in [-0.3, -0.25) is 4.79 Å². The third kappa shape index (κ3) is 7.90. The minimum absolute atomic E-state index is 0.142. The smallest absolute Gasteiger partial charge is 0.307 e. The van der Waals surface area contributed by atoms with Crippen molar-refractivity contribution < 1.29 is 9.53 Å². The van der Waals surface area contributed by atoms with Crippen LogP contribution in [0.15, 0.2) is 0 Å². The summed E-state index contributed by atoms with van der Waals surface area (Å²) in [5.74, 6) is 2.02. The Morgan fingerprint density at radius 3 is 2.33 bits per heavy atom. The summed E-state index contributed by atoms with van der Waals surface area (Å²) in [7, 11) is 0. The van der Waals surface area contributed by atoms with E-state index in [9.17, 15) is 4.79 Å². The number of carbonyl (C=O) groups excluding carboxylic acids is 1. The zero-order chi connectivity index (χ0) is 7.33. The second-order valence-electron chi connectivity index (χ2n) is 0.939. The quantitative estimate of drug-likeness (QED) is 0.353. The fourth-order valence-corrected chi connectivity index (χ4v) is 0.227. The Balaban J connectivity index is 3.72. The molecule has 0 unspecified atom stereocenters. The fraction of sp³-hybridized carbons (Fsp3) is 0.250. The van der Waals surface area contributed by atoms with Crippen LogP contribution in [0.5, 0.6) is 0 Å². The van der Waals surface area contributed by atoms with E-state index < -0.39 is 3.79 Å². The number of hydrogen-bond acceptors (Lipinski definition) is 2. The molecule has 0 atom stereocenters. The van der Waals surface area contributed by atoms with E-state index in [0.717, 1.165) is 0 Å². The van der Waals surface area contributed by atoms with E-state index in [1.54, 1.807) is 0 Å². The SMILES string of the molecule is O=COC#CC(Cl)(Cl)Cl. The number of hydrogen-bond donors (Lipinski definition) is 0. The second kappa shape index (κ2) is 3.84. The van der Waals surface area contributed by atoms with E-state index in [2.05, 4.69) is 4.74 Å². The highest BCUT2D eigenvalue weighted by atomic mass is 35.6. The van der Waals surface area contributed by atoms with Crippen LogP contribution in [0, 0.1) is 12.0 Å². The van der Waals surface area contributed by atoms with Gasteiger partial charge in [-0.05, 0) is 5.92 Å². The molecule has 0 saturated heterocycles. The van der Waals surface area contributed by atoms with Crippen LogP contribution in [0.2, 0.25) is 0 Å². The molecule has 2 nitrogen and oxygen atoms in total. The predicted octanol–water partition coefficient (Wildman–Crippen LogP) is 1.49. The Morgan fingerprint density at radius 1 is 1.44 bits per heavy atom. The first-order valence-corrected chi connectivity index (χ1v) is 2.88. The first-order valence-electron chi connectivity index (χ1n) is 1.74. The van der Waals surface area contributed by atoms with Gasteiger partial charge < -0.3 is 4.74 Å². The fourth-order valence-electron chi connectivity index (χ4n) is 0.111. The van der Waals surface area contributed by atoms with Crippen LogP contribution in [0.1, 0.15) is 0 Å². The van der Waals surface area contributed by atoms with Crippen LogP contribution in [0.25, 0.3) is 0 Å². The van der Waals surface area contributed by atoms with Crippen molar-refractivity contribution in [2.75, 3.05) is 0 Å². The number of carbonyl (C=O) groups is 1. The summed E-state index contributed by atoms with van der Waals surface area (Å²) in [6.45, 7) is 0.142. The van der Waals surface area contributed by atoms with Crippen molar-refractivity contribution >= 4 is 41.3 Å². The largest absolute Gasteiger partial charge is 0.375 e. The highest BCUT2D eigenvalue weighted by Gasteiger charge is 2.14. The summed E-state index contributed by atoms with van der Waals surface area (Å²) in [4.78, 5) is 9.44. The van der Waals surface area contributed by atoms with Gasteiger partial charge in [0.2, 0.25) is 0 Å². The van der Waals surface area contributed by atoms with Gasteiger partial charge in [0, 0.05) is 0 Å². The summed E-state index contributed by atoms with van der Waals surface area (Å²) in [5, 5.41) is 0.